The minimum atomic E-state index is -0.597. The van der Waals surface area contributed by atoms with E-state index in [-0.39, 0.29) is 6.01 Å². The first-order valence-electron chi connectivity index (χ1n) is 12.6. The number of nitriles is 1. The molecule has 0 fully saturated rings. The third-order valence-corrected chi connectivity index (χ3v) is 7.68. The molecule has 0 saturated carbocycles. The molecular formula is C29H30N6OS. The molecule has 0 spiro atoms. The summed E-state index contributed by atoms with van der Waals surface area (Å²) in [6, 6.07) is 8.08. The van der Waals surface area contributed by atoms with Crippen LogP contribution in [0.3, 0.4) is 0 Å². The van der Waals surface area contributed by atoms with Crippen LogP contribution in [0, 0.1) is 11.3 Å². The van der Waals surface area contributed by atoms with Crippen LogP contribution < -0.4 is 4.74 Å². The van der Waals surface area contributed by atoms with Crippen LogP contribution in [0.5, 0.6) is 6.01 Å². The van der Waals surface area contributed by atoms with Gasteiger partial charge in [-0.05, 0) is 62.5 Å². The summed E-state index contributed by atoms with van der Waals surface area (Å²) in [7, 11) is 0. The van der Waals surface area contributed by atoms with E-state index < -0.39 is 5.92 Å². The maximum absolute atomic E-state index is 9.87. The highest BCUT2D eigenvalue weighted by Crippen LogP contribution is 2.30. The molecule has 188 valence electrons. The highest BCUT2D eigenvalue weighted by molar-refractivity contribution is 7.18. The second-order valence-electron chi connectivity index (χ2n) is 9.38. The highest BCUT2D eigenvalue weighted by Gasteiger charge is 2.21. The van der Waals surface area contributed by atoms with E-state index in [1.807, 2.05) is 12.1 Å². The van der Waals surface area contributed by atoms with E-state index in [0.717, 1.165) is 54.8 Å². The molecule has 0 saturated heterocycles. The summed E-state index contributed by atoms with van der Waals surface area (Å²) in [4.78, 5) is 21.1. The van der Waals surface area contributed by atoms with E-state index in [4.69, 9.17) is 4.74 Å². The van der Waals surface area contributed by atoms with Gasteiger partial charge in [-0.2, -0.15) is 10.2 Å². The number of pyridine rings is 1. The van der Waals surface area contributed by atoms with E-state index in [9.17, 15) is 5.26 Å². The molecule has 1 aliphatic heterocycles. The fourth-order valence-electron chi connectivity index (χ4n) is 4.81. The van der Waals surface area contributed by atoms with E-state index in [1.54, 1.807) is 18.5 Å². The van der Waals surface area contributed by atoms with Gasteiger partial charge >= 0.3 is 6.01 Å². The molecule has 0 radical (unpaired) electrons. The van der Waals surface area contributed by atoms with Crippen LogP contribution >= 0.6 is 11.3 Å². The first kappa shape index (κ1) is 25.0. The molecule has 1 aliphatic carbocycles. The second kappa shape index (κ2) is 11.6. The fraction of sp³-hybridized carbons (Fsp3) is 0.345. The van der Waals surface area contributed by atoms with Crippen LogP contribution in [0.2, 0.25) is 0 Å². The predicted molar refractivity (Wildman–Crippen MR) is 146 cm³/mol. The monoisotopic (exact) mass is 510 g/mol. The zero-order chi connectivity index (χ0) is 25.6. The van der Waals surface area contributed by atoms with Crippen molar-refractivity contribution in [3.8, 4) is 12.1 Å². The van der Waals surface area contributed by atoms with Crippen molar-refractivity contribution >= 4 is 21.7 Å². The van der Waals surface area contributed by atoms with Crippen molar-refractivity contribution in [2.24, 2.45) is 0 Å². The van der Waals surface area contributed by atoms with Gasteiger partial charge in [0, 0.05) is 32.0 Å². The summed E-state index contributed by atoms with van der Waals surface area (Å²) in [5.74, 6) is -0.597. The lowest BCUT2D eigenvalue weighted by atomic mass is 9.97. The zero-order valence-corrected chi connectivity index (χ0v) is 22.0. The lowest BCUT2D eigenvalue weighted by molar-refractivity contribution is 0.305. The first-order valence-corrected chi connectivity index (χ1v) is 13.4. The lowest BCUT2D eigenvalue weighted by Crippen LogP contribution is -2.33. The average molecular weight is 511 g/mol. The van der Waals surface area contributed by atoms with Crippen molar-refractivity contribution in [2.45, 2.75) is 39.0 Å². The van der Waals surface area contributed by atoms with Crippen LogP contribution in [0.25, 0.3) is 10.3 Å². The maximum atomic E-state index is 9.87. The Bertz CT molecular complexity index is 1410. The summed E-state index contributed by atoms with van der Waals surface area (Å²) in [6.07, 6.45) is 15.4. The largest absolute Gasteiger partial charge is 0.459 e. The SMILES string of the molecule is CC=CC1=C(C)CN(CC2=CC(COc3nccc(C(C#N)c4nc5cccnc5s4)n3)=CCC2)CC1. The molecule has 2 aliphatic rings. The molecule has 1 atom stereocenters. The number of allylic oxidation sites excluding steroid dienone is 3. The average Bonchev–Trinajstić information content (AvgIpc) is 3.34. The molecule has 7 nitrogen and oxygen atoms in total. The van der Waals surface area contributed by atoms with Gasteiger partial charge in [0.05, 0.1) is 11.8 Å². The van der Waals surface area contributed by atoms with Crippen LogP contribution in [-0.2, 0) is 0 Å². The quantitative estimate of drug-likeness (QED) is 0.381. The fourth-order valence-corrected chi connectivity index (χ4v) is 5.77. The summed E-state index contributed by atoms with van der Waals surface area (Å²) in [5, 5.41) is 10.5. The number of hydrogen-bond acceptors (Lipinski definition) is 8. The van der Waals surface area contributed by atoms with Gasteiger partial charge in [0.2, 0.25) is 0 Å². The Morgan fingerprint density at radius 1 is 1.22 bits per heavy atom. The molecule has 0 amide bonds. The molecule has 37 heavy (non-hydrogen) atoms. The summed E-state index contributed by atoms with van der Waals surface area (Å²) in [6.45, 7) is 7.84. The molecule has 3 aromatic rings. The Morgan fingerprint density at radius 3 is 2.95 bits per heavy atom. The van der Waals surface area contributed by atoms with Gasteiger partial charge in [0.15, 0.2) is 0 Å². The molecule has 0 bridgehead atoms. The first-order chi connectivity index (χ1) is 18.1. The molecule has 1 unspecified atom stereocenters. The van der Waals surface area contributed by atoms with Gasteiger partial charge < -0.3 is 4.74 Å². The smallest absolute Gasteiger partial charge is 0.316 e. The zero-order valence-electron chi connectivity index (χ0n) is 21.2. The Kier molecular flexibility index (Phi) is 7.83. The molecule has 0 aromatic carbocycles. The Labute approximate surface area is 221 Å². The Hall–Kier alpha value is -3.67. The van der Waals surface area contributed by atoms with Gasteiger partial charge in [-0.1, -0.05) is 46.8 Å². The van der Waals surface area contributed by atoms with Crippen molar-refractivity contribution in [1.29, 1.82) is 5.26 Å². The van der Waals surface area contributed by atoms with Crippen LogP contribution in [-0.4, -0.2) is 51.1 Å². The lowest BCUT2D eigenvalue weighted by Gasteiger charge is -2.30. The van der Waals surface area contributed by atoms with Crippen molar-refractivity contribution in [3.05, 3.63) is 87.9 Å². The van der Waals surface area contributed by atoms with E-state index >= 15 is 0 Å². The topological polar surface area (TPSA) is 87.8 Å². The molecule has 4 heterocycles. The minimum Gasteiger partial charge on any atom is -0.459 e. The predicted octanol–water partition coefficient (Wildman–Crippen LogP) is 5.76. The summed E-state index contributed by atoms with van der Waals surface area (Å²) < 4.78 is 5.97. The normalized spacial score (nSPS) is 17.5. The number of nitrogens with zero attached hydrogens (tertiary/aromatic N) is 6. The third kappa shape index (κ3) is 6.01. The van der Waals surface area contributed by atoms with Crippen LogP contribution in [0.15, 0.2) is 77.2 Å². The van der Waals surface area contributed by atoms with Crippen molar-refractivity contribution in [1.82, 2.24) is 24.8 Å². The van der Waals surface area contributed by atoms with E-state index in [0.29, 0.717) is 17.3 Å². The number of ether oxygens (including phenoxy) is 1. The Balaban J connectivity index is 1.22. The molecule has 3 aromatic heterocycles. The van der Waals surface area contributed by atoms with Gasteiger partial charge in [-0.25, -0.2) is 15.0 Å². The number of thiazole rings is 1. The molecule has 0 N–H and O–H groups in total. The van der Waals surface area contributed by atoms with Crippen molar-refractivity contribution in [2.75, 3.05) is 26.2 Å². The van der Waals surface area contributed by atoms with E-state index in [2.05, 4.69) is 69.1 Å². The third-order valence-electron chi connectivity index (χ3n) is 6.64. The van der Waals surface area contributed by atoms with Crippen molar-refractivity contribution in [3.63, 3.8) is 0 Å². The summed E-state index contributed by atoms with van der Waals surface area (Å²) in [5.41, 5.74) is 6.89. The number of hydrogen-bond donors (Lipinski definition) is 0. The number of aromatic nitrogens is 4. The van der Waals surface area contributed by atoms with Gasteiger partial charge in [0.25, 0.3) is 0 Å². The Morgan fingerprint density at radius 2 is 2.14 bits per heavy atom. The van der Waals surface area contributed by atoms with Crippen LogP contribution in [0.4, 0.5) is 0 Å². The minimum absolute atomic E-state index is 0.270. The molecule has 8 heteroatoms. The summed E-state index contributed by atoms with van der Waals surface area (Å²) >= 11 is 1.41. The molecule has 5 rings (SSSR count). The van der Waals surface area contributed by atoms with Crippen molar-refractivity contribution < 1.29 is 4.74 Å². The maximum Gasteiger partial charge on any atom is 0.316 e. The van der Waals surface area contributed by atoms with Gasteiger partial charge in [-0.3, -0.25) is 4.90 Å². The number of fused-ring (bicyclic) bond motifs is 1. The molecular weight excluding hydrogens is 480 g/mol. The second-order valence-corrected chi connectivity index (χ2v) is 10.4. The number of rotatable bonds is 8. The van der Waals surface area contributed by atoms with Gasteiger partial charge in [-0.15, -0.1) is 0 Å². The van der Waals surface area contributed by atoms with Gasteiger partial charge in [0.1, 0.15) is 27.9 Å². The van der Waals surface area contributed by atoms with E-state index in [1.165, 1.54) is 28.1 Å². The standard InChI is InChI=1S/C29H30N6OS/c1-3-6-23-11-14-35(17-20(23)2)18-21-7-4-8-22(15-21)19-36-29-32-13-10-25(34-29)24(16-30)27-33-26-9-5-12-31-28(26)37-27/h3,5-6,8-10,12-13,15,24H,4,7,11,14,17-19H2,1-2H3. The highest BCUT2D eigenvalue weighted by atomic mass is 32.1. The van der Waals surface area contributed by atoms with Crippen LogP contribution in [0.1, 0.15) is 49.7 Å².